The van der Waals surface area contributed by atoms with Crippen LogP contribution in [0.1, 0.15) is 28.5 Å². The molecule has 7 heteroatoms. The monoisotopic (exact) mass is 401 g/mol. The van der Waals surface area contributed by atoms with E-state index in [0.29, 0.717) is 36.1 Å². The topological polar surface area (TPSA) is 106 Å². The van der Waals surface area contributed by atoms with E-state index in [2.05, 4.69) is 15.3 Å². The van der Waals surface area contributed by atoms with Gasteiger partial charge in [-0.25, -0.2) is 9.97 Å². The van der Waals surface area contributed by atoms with Crippen molar-refractivity contribution in [3.8, 4) is 17.1 Å². The molecule has 4 rings (SSSR count). The number of carbonyl (C=O) groups excluding carboxylic acids is 1. The molecule has 2 aromatic carbocycles. The van der Waals surface area contributed by atoms with Gasteiger partial charge in [-0.1, -0.05) is 36.4 Å². The number of carbonyl (C=O) groups is 1. The van der Waals surface area contributed by atoms with Crippen molar-refractivity contribution in [3.05, 3.63) is 71.5 Å². The van der Waals surface area contributed by atoms with E-state index in [9.17, 15) is 4.79 Å². The molecule has 0 bridgehead atoms. The van der Waals surface area contributed by atoms with Crippen molar-refractivity contribution >= 4 is 22.6 Å². The molecule has 2 heterocycles. The maximum atomic E-state index is 12.0. The van der Waals surface area contributed by atoms with Gasteiger partial charge in [-0.3, -0.25) is 4.79 Å². The second-order valence-corrected chi connectivity index (χ2v) is 6.90. The van der Waals surface area contributed by atoms with Crippen LogP contribution in [0.5, 0.6) is 5.75 Å². The normalized spacial score (nSPS) is 10.9. The third-order valence-electron chi connectivity index (χ3n) is 4.86. The van der Waals surface area contributed by atoms with Crippen molar-refractivity contribution in [3.63, 3.8) is 0 Å². The molecule has 0 radical (unpaired) electrons. The van der Waals surface area contributed by atoms with Gasteiger partial charge in [0.05, 0.1) is 12.8 Å². The van der Waals surface area contributed by atoms with E-state index in [-0.39, 0.29) is 0 Å². The van der Waals surface area contributed by atoms with Crippen molar-refractivity contribution in [2.75, 3.05) is 11.9 Å². The van der Waals surface area contributed by atoms with Crippen molar-refractivity contribution in [1.82, 2.24) is 15.0 Å². The maximum absolute atomic E-state index is 12.0. The molecule has 0 aliphatic rings. The Kier molecular flexibility index (Phi) is 5.34. The van der Waals surface area contributed by atoms with Crippen molar-refractivity contribution < 1.29 is 9.53 Å². The number of nitrogens with two attached hydrogens (primary N) is 1. The zero-order valence-electron chi connectivity index (χ0n) is 16.9. The number of nitrogens with zero attached hydrogens (tertiary/aromatic N) is 2. The van der Waals surface area contributed by atoms with Crippen LogP contribution in [0, 0.1) is 6.92 Å². The van der Waals surface area contributed by atoms with Crippen LogP contribution in [0.25, 0.3) is 22.3 Å². The molecule has 0 unspecified atom stereocenters. The summed E-state index contributed by atoms with van der Waals surface area (Å²) in [5.41, 5.74) is 9.60. The highest BCUT2D eigenvalue weighted by molar-refractivity contribution is 6.11. The number of fused-ring (bicyclic) bond motifs is 1. The van der Waals surface area contributed by atoms with Gasteiger partial charge >= 0.3 is 0 Å². The first-order chi connectivity index (χ1) is 14.6. The van der Waals surface area contributed by atoms with Gasteiger partial charge in [0.15, 0.2) is 17.4 Å². The standard InChI is InChI=1S/C23H23N5O2/c1-3-30-18-13-26-23(28-22(18)25-12-15-8-5-4-6-9-15)19-14(2)27-17-11-7-10-16(20(17)19)21(24)29/h4-11,13,27H,3,12H2,1-2H3,(H2,24,29)(H,25,26,28). The van der Waals surface area contributed by atoms with Crippen LogP contribution >= 0.6 is 0 Å². The first-order valence-electron chi connectivity index (χ1n) is 9.77. The summed E-state index contributed by atoms with van der Waals surface area (Å²) in [4.78, 5) is 24.6. The molecule has 2 aromatic heterocycles. The molecule has 0 fully saturated rings. The van der Waals surface area contributed by atoms with Crippen molar-refractivity contribution in [2.45, 2.75) is 20.4 Å². The number of H-pyrrole nitrogens is 1. The number of amides is 1. The van der Waals surface area contributed by atoms with E-state index in [1.165, 1.54) is 0 Å². The first-order valence-corrected chi connectivity index (χ1v) is 9.77. The highest BCUT2D eigenvalue weighted by Gasteiger charge is 2.20. The summed E-state index contributed by atoms with van der Waals surface area (Å²) in [7, 11) is 0. The molecule has 152 valence electrons. The quantitative estimate of drug-likeness (QED) is 0.433. The summed E-state index contributed by atoms with van der Waals surface area (Å²) < 4.78 is 5.71. The Morgan fingerprint density at radius 1 is 1.17 bits per heavy atom. The van der Waals surface area contributed by atoms with Gasteiger partial charge in [-0.2, -0.15) is 0 Å². The second-order valence-electron chi connectivity index (χ2n) is 6.90. The van der Waals surface area contributed by atoms with Crippen LogP contribution in [-0.2, 0) is 6.54 Å². The van der Waals surface area contributed by atoms with E-state index >= 15 is 0 Å². The maximum Gasteiger partial charge on any atom is 0.249 e. The minimum Gasteiger partial charge on any atom is -0.488 e. The molecule has 0 atom stereocenters. The van der Waals surface area contributed by atoms with E-state index in [4.69, 9.17) is 15.5 Å². The van der Waals surface area contributed by atoms with Gasteiger partial charge in [0.1, 0.15) is 0 Å². The summed E-state index contributed by atoms with van der Waals surface area (Å²) in [6.07, 6.45) is 1.66. The van der Waals surface area contributed by atoms with Gasteiger partial charge < -0.3 is 20.8 Å². The average molecular weight is 401 g/mol. The number of rotatable bonds is 7. The lowest BCUT2D eigenvalue weighted by Crippen LogP contribution is -2.11. The van der Waals surface area contributed by atoms with Crippen LogP contribution < -0.4 is 15.8 Å². The molecule has 4 N–H and O–H groups in total. The zero-order chi connectivity index (χ0) is 21.1. The number of primary amides is 1. The molecule has 0 saturated carbocycles. The lowest BCUT2D eigenvalue weighted by atomic mass is 10.0. The number of nitrogens with one attached hydrogen (secondary N) is 2. The fourth-order valence-corrected chi connectivity index (χ4v) is 3.52. The van der Waals surface area contributed by atoms with Gasteiger partial charge in [-0.15, -0.1) is 0 Å². The largest absolute Gasteiger partial charge is 0.488 e. The van der Waals surface area contributed by atoms with Crippen LogP contribution in [0.4, 0.5) is 5.82 Å². The second kappa shape index (κ2) is 8.24. The van der Waals surface area contributed by atoms with Crippen LogP contribution in [0.2, 0.25) is 0 Å². The summed E-state index contributed by atoms with van der Waals surface area (Å²) >= 11 is 0. The molecule has 1 amide bonds. The molecule has 0 aliphatic carbocycles. The van der Waals surface area contributed by atoms with E-state index in [1.54, 1.807) is 18.3 Å². The highest BCUT2D eigenvalue weighted by Crippen LogP contribution is 2.34. The SMILES string of the molecule is CCOc1cnc(-c2c(C)[nH]c3cccc(C(N)=O)c23)nc1NCc1ccccc1. The van der Waals surface area contributed by atoms with Crippen molar-refractivity contribution in [2.24, 2.45) is 5.73 Å². The average Bonchev–Trinajstić information content (AvgIpc) is 3.09. The number of anilines is 1. The fraction of sp³-hybridized carbons (Fsp3) is 0.174. The zero-order valence-corrected chi connectivity index (χ0v) is 16.9. The highest BCUT2D eigenvalue weighted by atomic mass is 16.5. The Bertz CT molecular complexity index is 1200. The van der Waals surface area contributed by atoms with Gasteiger partial charge in [0, 0.05) is 34.3 Å². The number of hydrogen-bond acceptors (Lipinski definition) is 5. The molecule has 4 aromatic rings. The Balaban J connectivity index is 1.80. The number of ether oxygens (including phenoxy) is 1. The summed E-state index contributed by atoms with van der Waals surface area (Å²) in [6.45, 7) is 4.94. The smallest absolute Gasteiger partial charge is 0.249 e. The van der Waals surface area contributed by atoms with Crippen LogP contribution in [-0.4, -0.2) is 27.5 Å². The lowest BCUT2D eigenvalue weighted by molar-refractivity contribution is 0.100. The Hall–Kier alpha value is -3.87. The molecular weight excluding hydrogens is 378 g/mol. The Morgan fingerprint density at radius 3 is 2.70 bits per heavy atom. The molecule has 0 saturated heterocycles. The van der Waals surface area contributed by atoms with Gasteiger partial charge in [0.2, 0.25) is 5.91 Å². The Labute approximate surface area is 174 Å². The minimum absolute atomic E-state index is 0.433. The fourth-order valence-electron chi connectivity index (χ4n) is 3.52. The van der Waals surface area contributed by atoms with Crippen LogP contribution in [0.15, 0.2) is 54.7 Å². The Morgan fingerprint density at radius 2 is 1.97 bits per heavy atom. The summed E-state index contributed by atoms with van der Waals surface area (Å²) in [6, 6.07) is 15.5. The number of aromatic amines is 1. The van der Waals surface area contributed by atoms with Gasteiger partial charge in [0.25, 0.3) is 0 Å². The molecule has 30 heavy (non-hydrogen) atoms. The number of aromatic nitrogens is 3. The predicted octanol–water partition coefficient (Wildman–Crippen LogP) is 4.04. The van der Waals surface area contributed by atoms with Crippen molar-refractivity contribution in [1.29, 1.82) is 0 Å². The molecule has 0 aliphatic heterocycles. The first kappa shape index (κ1) is 19.4. The van der Waals surface area contributed by atoms with E-state index in [1.807, 2.05) is 50.2 Å². The number of aryl methyl sites for hydroxylation is 1. The number of hydrogen-bond donors (Lipinski definition) is 3. The lowest BCUT2D eigenvalue weighted by Gasteiger charge is -2.13. The van der Waals surface area contributed by atoms with E-state index < -0.39 is 5.91 Å². The van der Waals surface area contributed by atoms with Crippen LogP contribution in [0.3, 0.4) is 0 Å². The third-order valence-corrected chi connectivity index (χ3v) is 4.86. The summed E-state index contributed by atoms with van der Waals surface area (Å²) in [5, 5.41) is 4.07. The molecular formula is C23H23N5O2. The van der Waals surface area contributed by atoms with E-state index in [0.717, 1.165) is 27.7 Å². The molecule has 7 nitrogen and oxygen atoms in total. The van der Waals surface area contributed by atoms with Gasteiger partial charge in [-0.05, 0) is 31.5 Å². The molecule has 0 spiro atoms. The number of benzene rings is 2. The summed E-state index contributed by atoms with van der Waals surface area (Å²) in [5.74, 6) is 1.17. The third kappa shape index (κ3) is 3.69. The minimum atomic E-state index is -0.491. The predicted molar refractivity (Wildman–Crippen MR) is 118 cm³/mol.